The summed E-state index contributed by atoms with van der Waals surface area (Å²) in [5.41, 5.74) is -0.125. The number of rotatable bonds is 4. The van der Waals surface area contributed by atoms with Crippen LogP contribution in [0.25, 0.3) is 0 Å². The van der Waals surface area contributed by atoms with Gasteiger partial charge in [-0.05, 0) is 20.8 Å². The molecule has 20 heavy (non-hydrogen) atoms. The van der Waals surface area contributed by atoms with Crippen molar-refractivity contribution in [2.45, 2.75) is 32.8 Å². The van der Waals surface area contributed by atoms with E-state index < -0.39 is 29.0 Å². The van der Waals surface area contributed by atoms with Gasteiger partial charge in [-0.25, -0.2) is 24.6 Å². The maximum atomic E-state index is 11.5. The molecule has 0 saturated heterocycles. The monoisotopic (exact) mass is 287 g/mol. The lowest BCUT2D eigenvalue weighted by Crippen LogP contribution is -2.40. The van der Waals surface area contributed by atoms with E-state index in [1.54, 1.807) is 20.8 Å². The third kappa shape index (κ3) is 5.00. The fourth-order valence-electron chi connectivity index (χ4n) is 1.19. The summed E-state index contributed by atoms with van der Waals surface area (Å²) >= 11 is 0. The Morgan fingerprint density at radius 2 is 1.75 bits per heavy atom. The van der Waals surface area contributed by atoms with Crippen LogP contribution in [0.4, 0.5) is 4.79 Å². The molecular formula is C10H17N5O5. The highest BCUT2D eigenvalue weighted by atomic mass is 16.6. The topological polar surface area (TPSA) is 138 Å². The SMILES string of the molecule is CC(C)(C)OC(=O)NCCC(=O)Nn1c(=O)[nH][nH]c1=O. The molecule has 0 unspecified atom stereocenters. The molecule has 0 spiro atoms. The average molecular weight is 287 g/mol. The Labute approximate surface area is 113 Å². The number of H-pyrrole nitrogens is 2. The molecule has 0 aliphatic heterocycles. The number of hydrogen-bond donors (Lipinski definition) is 4. The summed E-state index contributed by atoms with van der Waals surface area (Å²) in [5.74, 6) is -0.603. The van der Waals surface area contributed by atoms with Gasteiger partial charge >= 0.3 is 17.5 Å². The molecule has 0 saturated carbocycles. The Hall–Kier alpha value is -2.52. The zero-order valence-corrected chi connectivity index (χ0v) is 11.4. The second kappa shape index (κ2) is 6.08. The molecule has 10 heteroatoms. The van der Waals surface area contributed by atoms with E-state index in [2.05, 4.69) is 10.7 Å². The van der Waals surface area contributed by atoms with Gasteiger partial charge in [0.15, 0.2) is 0 Å². The van der Waals surface area contributed by atoms with E-state index >= 15 is 0 Å². The predicted molar refractivity (Wildman–Crippen MR) is 68.9 cm³/mol. The molecule has 1 aromatic rings. The highest BCUT2D eigenvalue weighted by Gasteiger charge is 2.16. The summed E-state index contributed by atoms with van der Waals surface area (Å²) < 4.78 is 5.46. The molecule has 0 aromatic carbocycles. The summed E-state index contributed by atoms with van der Waals surface area (Å²) in [6.07, 6.45) is -0.766. The predicted octanol–water partition coefficient (Wildman–Crippen LogP) is -1.15. The van der Waals surface area contributed by atoms with Crippen LogP contribution >= 0.6 is 0 Å². The van der Waals surface area contributed by atoms with Gasteiger partial charge in [-0.3, -0.25) is 10.2 Å². The van der Waals surface area contributed by atoms with Crippen LogP contribution in [0.1, 0.15) is 27.2 Å². The maximum Gasteiger partial charge on any atom is 0.407 e. The Kier molecular flexibility index (Phi) is 4.73. The minimum absolute atomic E-state index is 0.0117. The van der Waals surface area contributed by atoms with Crippen molar-refractivity contribution < 1.29 is 14.3 Å². The second-order valence-electron chi connectivity index (χ2n) is 4.91. The molecule has 10 nitrogen and oxygen atoms in total. The van der Waals surface area contributed by atoms with Gasteiger partial charge in [0.05, 0.1) is 0 Å². The molecule has 0 aliphatic rings. The molecule has 4 N–H and O–H groups in total. The first-order valence-corrected chi connectivity index (χ1v) is 5.85. The zero-order chi connectivity index (χ0) is 15.3. The molecule has 0 aliphatic carbocycles. The number of carbonyl (C=O) groups is 2. The lowest BCUT2D eigenvalue weighted by atomic mass is 10.2. The quantitative estimate of drug-likeness (QED) is 0.554. The normalized spacial score (nSPS) is 10.9. The first-order chi connectivity index (χ1) is 9.19. The fraction of sp³-hybridized carbons (Fsp3) is 0.600. The molecule has 112 valence electrons. The molecule has 0 bridgehead atoms. The molecule has 1 heterocycles. The molecular weight excluding hydrogens is 270 g/mol. The largest absolute Gasteiger partial charge is 0.444 e. The molecule has 0 radical (unpaired) electrons. The van der Waals surface area contributed by atoms with Crippen molar-refractivity contribution >= 4 is 12.0 Å². The third-order valence-corrected chi connectivity index (χ3v) is 1.94. The van der Waals surface area contributed by atoms with E-state index in [1.165, 1.54) is 0 Å². The Morgan fingerprint density at radius 3 is 2.25 bits per heavy atom. The molecule has 2 amide bonds. The number of aromatic nitrogens is 3. The Balaban J connectivity index is 2.36. The lowest BCUT2D eigenvalue weighted by molar-refractivity contribution is -0.117. The van der Waals surface area contributed by atoms with Crippen LogP contribution in [-0.4, -0.2) is 39.0 Å². The smallest absolute Gasteiger partial charge is 0.407 e. The van der Waals surface area contributed by atoms with Gasteiger partial charge in [-0.15, -0.1) is 4.68 Å². The van der Waals surface area contributed by atoms with Crippen LogP contribution in [0, 0.1) is 0 Å². The van der Waals surface area contributed by atoms with Crippen LogP contribution in [0.3, 0.4) is 0 Å². The van der Waals surface area contributed by atoms with E-state index in [0.717, 1.165) is 0 Å². The minimum Gasteiger partial charge on any atom is -0.444 e. The highest BCUT2D eigenvalue weighted by Crippen LogP contribution is 2.06. The third-order valence-electron chi connectivity index (χ3n) is 1.94. The van der Waals surface area contributed by atoms with Gasteiger partial charge in [-0.2, -0.15) is 0 Å². The number of amides is 2. The van der Waals surface area contributed by atoms with Crippen LogP contribution in [0.5, 0.6) is 0 Å². The average Bonchev–Trinajstić information content (AvgIpc) is 2.58. The Bertz CT molecular complexity index is 563. The van der Waals surface area contributed by atoms with Crippen LogP contribution < -0.4 is 22.1 Å². The highest BCUT2D eigenvalue weighted by molar-refractivity contribution is 5.84. The van der Waals surface area contributed by atoms with Gasteiger partial charge in [0.2, 0.25) is 5.91 Å². The van der Waals surface area contributed by atoms with Crippen LogP contribution in [0.2, 0.25) is 0 Å². The van der Waals surface area contributed by atoms with Crippen LogP contribution in [-0.2, 0) is 9.53 Å². The van der Waals surface area contributed by atoms with Gasteiger partial charge in [0, 0.05) is 13.0 Å². The van der Waals surface area contributed by atoms with Crippen molar-refractivity contribution in [1.29, 1.82) is 0 Å². The van der Waals surface area contributed by atoms with Gasteiger partial charge in [0.1, 0.15) is 5.60 Å². The van der Waals surface area contributed by atoms with Crippen molar-refractivity contribution in [3.8, 4) is 0 Å². The summed E-state index contributed by atoms with van der Waals surface area (Å²) in [4.78, 5) is 44.9. The van der Waals surface area contributed by atoms with E-state index in [-0.39, 0.29) is 13.0 Å². The molecule has 1 aromatic heterocycles. The summed E-state index contributed by atoms with van der Waals surface area (Å²) in [6.45, 7) is 5.15. The Morgan fingerprint density at radius 1 is 1.20 bits per heavy atom. The van der Waals surface area contributed by atoms with Gasteiger partial charge < -0.3 is 10.1 Å². The van der Waals surface area contributed by atoms with E-state index in [1.807, 2.05) is 10.2 Å². The van der Waals surface area contributed by atoms with Gasteiger partial charge in [-0.1, -0.05) is 0 Å². The van der Waals surface area contributed by atoms with Crippen molar-refractivity contribution in [3.63, 3.8) is 0 Å². The van der Waals surface area contributed by atoms with Crippen molar-refractivity contribution in [2.24, 2.45) is 0 Å². The summed E-state index contributed by atoms with van der Waals surface area (Å²) in [5, 5.41) is 6.39. The van der Waals surface area contributed by atoms with E-state index in [4.69, 9.17) is 4.74 Å². The summed E-state index contributed by atoms with van der Waals surface area (Å²) in [7, 11) is 0. The molecule has 0 atom stereocenters. The first-order valence-electron chi connectivity index (χ1n) is 5.85. The lowest BCUT2D eigenvalue weighted by Gasteiger charge is -2.19. The zero-order valence-electron chi connectivity index (χ0n) is 11.4. The maximum absolute atomic E-state index is 11.5. The number of hydrogen-bond acceptors (Lipinski definition) is 5. The van der Waals surface area contributed by atoms with Crippen molar-refractivity contribution in [1.82, 2.24) is 20.2 Å². The van der Waals surface area contributed by atoms with Crippen molar-refractivity contribution in [3.05, 3.63) is 21.0 Å². The number of alkyl carbamates (subject to hydrolysis) is 1. The number of nitrogens with zero attached hydrogens (tertiary/aromatic N) is 1. The number of aromatic amines is 2. The van der Waals surface area contributed by atoms with Crippen LogP contribution in [0.15, 0.2) is 9.59 Å². The number of nitrogens with one attached hydrogen (secondary N) is 4. The first kappa shape index (κ1) is 15.5. The summed E-state index contributed by atoms with van der Waals surface area (Å²) in [6, 6.07) is 0. The standard InChI is InChI=1S/C10H17N5O5/c1-10(2,3)20-9(19)11-5-4-6(16)14-15-7(17)12-13-8(15)18/h4-5H2,1-3H3,(H,11,19)(H,12,17)(H,13,18)(H,14,16). The number of ether oxygens (including phenoxy) is 1. The van der Waals surface area contributed by atoms with Gasteiger partial charge in [0.25, 0.3) is 0 Å². The number of carbonyl (C=O) groups excluding carboxylic acids is 2. The minimum atomic E-state index is -0.788. The fourth-order valence-corrected chi connectivity index (χ4v) is 1.19. The van der Waals surface area contributed by atoms with E-state index in [0.29, 0.717) is 4.68 Å². The van der Waals surface area contributed by atoms with E-state index in [9.17, 15) is 19.2 Å². The molecule has 0 fully saturated rings. The second-order valence-corrected chi connectivity index (χ2v) is 4.91. The molecule has 1 rings (SSSR count). The van der Waals surface area contributed by atoms with Crippen molar-refractivity contribution in [2.75, 3.05) is 12.0 Å².